The molecule has 0 N–H and O–H groups in total. The number of rotatable bonds is 10. The maximum atomic E-state index is 12.9. The van der Waals surface area contributed by atoms with E-state index in [9.17, 15) is 4.79 Å². The molecule has 0 aliphatic heterocycles. The highest BCUT2D eigenvalue weighted by Crippen LogP contribution is 2.17. The highest BCUT2D eigenvalue weighted by atomic mass is 16.5. The molecule has 0 radical (unpaired) electrons. The third kappa shape index (κ3) is 6.64. The Morgan fingerprint density at radius 1 is 0.897 bits per heavy atom. The highest BCUT2D eigenvalue weighted by Gasteiger charge is 2.15. The van der Waals surface area contributed by atoms with E-state index in [0.717, 1.165) is 17.0 Å². The van der Waals surface area contributed by atoms with Crippen LogP contribution in [0.1, 0.15) is 18.2 Å². The zero-order chi connectivity index (χ0) is 20.3. The number of nitrogens with zero attached hydrogens (tertiary/aromatic N) is 2. The molecule has 1 heterocycles. The van der Waals surface area contributed by atoms with Gasteiger partial charge in [0.05, 0.1) is 6.61 Å². The molecule has 0 aliphatic rings. The van der Waals surface area contributed by atoms with Crippen molar-refractivity contribution in [1.29, 1.82) is 0 Å². The molecule has 0 fully saturated rings. The molecule has 0 aliphatic carbocycles. The lowest BCUT2D eigenvalue weighted by Crippen LogP contribution is -2.36. The molecule has 150 valence electrons. The molecule has 2 aromatic carbocycles. The van der Waals surface area contributed by atoms with Crippen LogP contribution in [0.2, 0.25) is 0 Å². The molecule has 5 nitrogen and oxygen atoms in total. The van der Waals surface area contributed by atoms with Gasteiger partial charge in [-0.25, -0.2) is 0 Å². The van der Waals surface area contributed by atoms with E-state index in [0.29, 0.717) is 31.9 Å². The molecule has 29 heavy (non-hydrogen) atoms. The number of hydrogen-bond acceptors (Lipinski definition) is 4. The molecule has 3 rings (SSSR count). The highest BCUT2D eigenvalue weighted by molar-refractivity contribution is 5.77. The zero-order valence-corrected chi connectivity index (χ0v) is 16.7. The third-order valence-electron chi connectivity index (χ3n) is 4.43. The largest absolute Gasteiger partial charge is 0.494 e. The maximum Gasteiger partial charge on any atom is 0.260 e. The number of pyridine rings is 1. The Balaban J connectivity index is 1.61. The van der Waals surface area contributed by atoms with Gasteiger partial charge in [-0.05, 0) is 48.9 Å². The average Bonchev–Trinajstić information content (AvgIpc) is 2.77. The van der Waals surface area contributed by atoms with Crippen LogP contribution in [0.3, 0.4) is 0 Å². The van der Waals surface area contributed by atoms with Crippen LogP contribution in [-0.4, -0.2) is 35.5 Å². The first kappa shape index (κ1) is 20.4. The van der Waals surface area contributed by atoms with Crippen molar-refractivity contribution in [3.8, 4) is 11.5 Å². The van der Waals surface area contributed by atoms with Gasteiger partial charge in [0.25, 0.3) is 5.91 Å². The summed E-state index contributed by atoms with van der Waals surface area (Å²) in [7, 11) is 0. The summed E-state index contributed by atoms with van der Waals surface area (Å²) in [5, 5.41) is 0. The van der Waals surface area contributed by atoms with Crippen molar-refractivity contribution in [2.24, 2.45) is 0 Å². The lowest BCUT2D eigenvalue weighted by Gasteiger charge is -2.23. The van der Waals surface area contributed by atoms with Gasteiger partial charge in [-0.1, -0.05) is 36.4 Å². The summed E-state index contributed by atoms with van der Waals surface area (Å²) in [6.07, 6.45) is 2.47. The quantitative estimate of drug-likeness (QED) is 0.522. The predicted octanol–water partition coefficient (Wildman–Crippen LogP) is 4.13. The van der Waals surface area contributed by atoms with Crippen LogP contribution in [0.25, 0.3) is 0 Å². The van der Waals surface area contributed by atoms with Crippen LogP contribution in [0.15, 0.2) is 79.0 Å². The molecule has 0 atom stereocenters. The van der Waals surface area contributed by atoms with Gasteiger partial charge in [-0.2, -0.15) is 0 Å². The summed E-state index contributed by atoms with van der Waals surface area (Å²) >= 11 is 0. The summed E-state index contributed by atoms with van der Waals surface area (Å²) in [4.78, 5) is 19.0. The summed E-state index contributed by atoms with van der Waals surface area (Å²) in [6.45, 7) is 3.67. The number of carbonyl (C=O) groups excluding carboxylic acids is 1. The van der Waals surface area contributed by atoms with E-state index < -0.39 is 0 Å². The van der Waals surface area contributed by atoms with E-state index in [1.54, 1.807) is 6.20 Å². The standard InChI is InChI=1S/C24H26N2O3/c1-2-28-22-11-13-23(14-12-22)29-19-24(27)26(18-20-8-4-3-5-9-20)17-15-21-10-6-7-16-25-21/h3-14,16H,2,15,17-19H2,1H3. The lowest BCUT2D eigenvalue weighted by molar-refractivity contribution is -0.134. The first-order chi connectivity index (χ1) is 14.2. The Kier molecular flexibility index (Phi) is 7.63. The van der Waals surface area contributed by atoms with Crippen molar-refractivity contribution in [2.75, 3.05) is 19.8 Å². The van der Waals surface area contributed by atoms with Gasteiger partial charge in [-0.3, -0.25) is 9.78 Å². The van der Waals surface area contributed by atoms with Gasteiger partial charge < -0.3 is 14.4 Å². The van der Waals surface area contributed by atoms with Crippen molar-refractivity contribution in [2.45, 2.75) is 19.9 Å². The van der Waals surface area contributed by atoms with Crippen molar-refractivity contribution in [3.05, 3.63) is 90.3 Å². The Labute approximate surface area is 171 Å². The van der Waals surface area contributed by atoms with E-state index in [2.05, 4.69) is 4.98 Å². The van der Waals surface area contributed by atoms with Crippen LogP contribution in [0, 0.1) is 0 Å². The Morgan fingerprint density at radius 2 is 1.59 bits per heavy atom. The first-order valence-corrected chi connectivity index (χ1v) is 9.82. The second-order valence-corrected chi connectivity index (χ2v) is 6.57. The van der Waals surface area contributed by atoms with Crippen LogP contribution in [0.4, 0.5) is 0 Å². The van der Waals surface area contributed by atoms with E-state index in [1.165, 1.54) is 0 Å². The van der Waals surface area contributed by atoms with Crippen LogP contribution in [0.5, 0.6) is 11.5 Å². The predicted molar refractivity (Wildman–Crippen MR) is 113 cm³/mol. The minimum atomic E-state index is -0.0568. The molecule has 3 aromatic rings. The van der Waals surface area contributed by atoms with Gasteiger partial charge in [0.1, 0.15) is 11.5 Å². The van der Waals surface area contributed by atoms with Crippen molar-refractivity contribution in [1.82, 2.24) is 9.88 Å². The Morgan fingerprint density at radius 3 is 2.24 bits per heavy atom. The first-order valence-electron chi connectivity index (χ1n) is 9.82. The fourth-order valence-corrected chi connectivity index (χ4v) is 2.93. The smallest absolute Gasteiger partial charge is 0.260 e. The summed E-state index contributed by atoms with van der Waals surface area (Å²) in [6, 6.07) is 23.1. The normalized spacial score (nSPS) is 10.4. The molecule has 5 heteroatoms. The van der Waals surface area contributed by atoms with Crippen LogP contribution < -0.4 is 9.47 Å². The number of benzene rings is 2. The van der Waals surface area contributed by atoms with Crippen molar-refractivity contribution < 1.29 is 14.3 Å². The molecule has 0 saturated carbocycles. The fraction of sp³-hybridized carbons (Fsp3) is 0.250. The summed E-state index contributed by atoms with van der Waals surface area (Å²) in [5.41, 5.74) is 2.05. The molecule has 0 unspecified atom stereocenters. The monoisotopic (exact) mass is 390 g/mol. The number of aromatic nitrogens is 1. The lowest BCUT2D eigenvalue weighted by atomic mass is 10.2. The molecular weight excluding hydrogens is 364 g/mol. The maximum absolute atomic E-state index is 12.9. The molecule has 0 bridgehead atoms. The number of ether oxygens (including phenoxy) is 2. The van der Waals surface area contributed by atoms with Gasteiger partial charge in [0.15, 0.2) is 6.61 Å². The number of hydrogen-bond donors (Lipinski definition) is 0. The molecular formula is C24H26N2O3. The third-order valence-corrected chi connectivity index (χ3v) is 4.43. The van der Waals surface area contributed by atoms with Crippen LogP contribution >= 0.6 is 0 Å². The summed E-state index contributed by atoms with van der Waals surface area (Å²) < 4.78 is 11.1. The molecule has 0 saturated heterocycles. The zero-order valence-electron chi connectivity index (χ0n) is 16.7. The second-order valence-electron chi connectivity index (χ2n) is 6.57. The minimum Gasteiger partial charge on any atom is -0.494 e. The fourth-order valence-electron chi connectivity index (χ4n) is 2.93. The molecule has 0 spiro atoms. The van der Waals surface area contributed by atoms with E-state index in [-0.39, 0.29) is 12.5 Å². The van der Waals surface area contributed by atoms with E-state index in [4.69, 9.17) is 9.47 Å². The van der Waals surface area contributed by atoms with E-state index in [1.807, 2.05) is 84.6 Å². The SMILES string of the molecule is CCOc1ccc(OCC(=O)N(CCc2ccccn2)Cc2ccccc2)cc1. The molecule has 1 aromatic heterocycles. The molecule has 1 amide bonds. The topological polar surface area (TPSA) is 51.7 Å². The number of amides is 1. The average molecular weight is 390 g/mol. The minimum absolute atomic E-state index is 0.0109. The van der Waals surface area contributed by atoms with Crippen molar-refractivity contribution >= 4 is 5.91 Å². The van der Waals surface area contributed by atoms with Gasteiger partial charge >= 0.3 is 0 Å². The Hall–Kier alpha value is -3.34. The van der Waals surface area contributed by atoms with Crippen molar-refractivity contribution in [3.63, 3.8) is 0 Å². The van der Waals surface area contributed by atoms with E-state index >= 15 is 0 Å². The van der Waals surface area contributed by atoms with Gasteiger partial charge in [0, 0.05) is 31.4 Å². The number of carbonyl (C=O) groups is 1. The Bertz CT molecular complexity index is 868. The second kappa shape index (κ2) is 10.9. The summed E-state index contributed by atoms with van der Waals surface area (Å²) in [5.74, 6) is 1.37. The van der Waals surface area contributed by atoms with Gasteiger partial charge in [0.2, 0.25) is 0 Å². The van der Waals surface area contributed by atoms with Crippen LogP contribution in [-0.2, 0) is 17.8 Å². The van der Waals surface area contributed by atoms with Gasteiger partial charge in [-0.15, -0.1) is 0 Å².